The van der Waals surface area contributed by atoms with Crippen LogP contribution in [0.5, 0.6) is 0 Å². The zero-order chi connectivity index (χ0) is 29.3. The summed E-state index contributed by atoms with van der Waals surface area (Å²) in [5.41, 5.74) is 9.28. The lowest BCUT2D eigenvalue weighted by Crippen LogP contribution is -2.18. The van der Waals surface area contributed by atoms with Gasteiger partial charge in [-0.25, -0.2) is 4.39 Å². The Bertz CT molecular complexity index is 1950. The van der Waals surface area contributed by atoms with Crippen molar-refractivity contribution in [1.29, 1.82) is 0 Å². The lowest BCUT2D eigenvalue weighted by Gasteiger charge is -2.20. The fraction of sp³-hybridized carbons (Fsp3) is 0.250. The molecule has 3 N–H and O–H groups in total. The highest BCUT2D eigenvalue weighted by atomic mass is 19.1. The van der Waals surface area contributed by atoms with E-state index >= 15 is 0 Å². The Morgan fingerprint density at radius 2 is 1.77 bits per heavy atom. The van der Waals surface area contributed by atoms with Crippen LogP contribution in [0.1, 0.15) is 51.0 Å². The van der Waals surface area contributed by atoms with Crippen molar-refractivity contribution >= 4 is 33.4 Å². The first-order valence-corrected chi connectivity index (χ1v) is 15.2. The largest absolute Gasteiger partial charge is 0.353 e. The number of aryl methyl sites for hydroxylation is 1. The number of H-pyrrole nitrogens is 2. The van der Waals surface area contributed by atoms with Gasteiger partial charge in [0.15, 0.2) is 0 Å². The molecule has 216 valence electrons. The van der Waals surface area contributed by atoms with Crippen molar-refractivity contribution in [2.75, 3.05) is 5.32 Å². The number of hydrogen-bond acceptors (Lipinski definition) is 3. The highest BCUT2D eigenvalue weighted by Gasteiger charge is 2.19. The molecule has 6 nitrogen and oxygen atoms in total. The van der Waals surface area contributed by atoms with Crippen LogP contribution in [0, 0.1) is 11.7 Å². The van der Waals surface area contributed by atoms with E-state index < -0.39 is 0 Å². The van der Waals surface area contributed by atoms with Crippen molar-refractivity contribution in [3.05, 3.63) is 90.5 Å². The molecule has 3 aromatic heterocycles. The summed E-state index contributed by atoms with van der Waals surface area (Å²) in [6.45, 7) is 2.14. The number of aromatic amines is 2. The van der Waals surface area contributed by atoms with Crippen LogP contribution in [-0.4, -0.2) is 26.1 Å². The maximum absolute atomic E-state index is 14.0. The molecule has 43 heavy (non-hydrogen) atoms. The van der Waals surface area contributed by atoms with E-state index in [0.29, 0.717) is 18.0 Å². The zero-order valence-corrected chi connectivity index (χ0v) is 24.2. The molecule has 3 heterocycles. The second kappa shape index (κ2) is 11.5. The lowest BCUT2D eigenvalue weighted by atomic mass is 9.87. The van der Waals surface area contributed by atoms with Crippen molar-refractivity contribution in [3.8, 4) is 33.6 Å². The molecule has 3 aromatic carbocycles. The van der Waals surface area contributed by atoms with Gasteiger partial charge in [-0.05, 0) is 89.9 Å². The molecule has 6 aromatic rings. The number of nitrogens with one attached hydrogen (secondary N) is 3. The van der Waals surface area contributed by atoms with Crippen LogP contribution in [0.2, 0.25) is 0 Å². The highest BCUT2D eigenvalue weighted by molar-refractivity contribution is 6.02. The average Bonchev–Trinajstić information content (AvgIpc) is 3.64. The number of benzene rings is 3. The Kier molecular flexibility index (Phi) is 7.23. The highest BCUT2D eigenvalue weighted by Crippen LogP contribution is 2.37. The van der Waals surface area contributed by atoms with E-state index in [-0.39, 0.29) is 11.7 Å². The van der Waals surface area contributed by atoms with Gasteiger partial charge in [0, 0.05) is 34.5 Å². The molecule has 0 radical (unpaired) electrons. The molecule has 7 heteroatoms. The van der Waals surface area contributed by atoms with Crippen LogP contribution in [0.15, 0.2) is 79.1 Å². The molecule has 0 saturated heterocycles. The molecule has 1 aliphatic rings. The number of amides is 1. The van der Waals surface area contributed by atoms with Gasteiger partial charge in [-0.1, -0.05) is 50.5 Å². The molecule has 0 bridgehead atoms. The van der Waals surface area contributed by atoms with Crippen LogP contribution in [0.25, 0.3) is 55.4 Å². The summed E-state index contributed by atoms with van der Waals surface area (Å²) in [7, 11) is 0. The smallest absolute Gasteiger partial charge is 0.224 e. The van der Waals surface area contributed by atoms with Gasteiger partial charge in [0.05, 0.1) is 23.1 Å². The number of anilines is 1. The molecule has 0 unspecified atom stereocenters. The van der Waals surface area contributed by atoms with Crippen LogP contribution >= 0.6 is 0 Å². The molecule has 0 atom stereocenters. The molecule has 0 spiro atoms. The van der Waals surface area contributed by atoms with Crippen molar-refractivity contribution in [2.24, 2.45) is 5.92 Å². The van der Waals surface area contributed by atoms with E-state index in [2.05, 4.69) is 45.5 Å². The van der Waals surface area contributed by atoms with E-state index in [1.54, 1.807) is 18.3 Å². The third kappa shape index (κ3) is 5.43. The molecule has 1 amide bonds. The number of fused-ring (bicyclic) bond motifs is 2. The van der Waals surface area contributed by atoms with Crippen LogP contribution in [0.3, 0.4) is 0 Å². The fourth-order valence-electron chi connectivity index (χ4n) is 6.59. The minimum atomic E-state index is -0.259. The Labute approximate surface area is 249 Å². The summed E-state index contributed by atoms with van der Waals surface area (Å²) < 4.78 is 14.0. The van der Waals surface area contributed by atoms with Gasteiger partial charge < -0.3 is 10.3 Å². The van der Waals surface area contributed by atoms with E-state index in [1.807, 2.05) is 36.5 Å². The summed E-state index contributed by atoms with van der Waals surface area (Å²) in [4.78, 5) is 20.8. The fourth-order valence-corrected chi connectivity index (χ4v) is 6.59. The SMILES string of the molecule is CCc1cc2[nH]nc(-c3cc4c(-c5cccc(F)c5)cccc4[nH]3)c2cc1-c1cncc(NC(=O)CC2CCCCC2)c1. The normalized spacial score (nSPS) is 14.0. The standard InChI is InChI=1S/C36H34FN5O/c1-2-23-17-33-31(18-29(23)25-16-27(21-38-20-25)39-35(43)14-22-8-4-3-5-9-22)36(42-41-33)34-19-30-28(12-7-13-32(30)40-34)24-10-6-11-26(37)15-24/h6-7,10-13,15-22,40H,2-5,8-9,14H2,1H3,(H,39,43)(H,41,42). The zero-order valence-electron chi connectivity index (χ0n) is 24.2. The van der Waals surface area contributed by atoms with Crippen LogP contribution in [0.4, 0.5) is 10.1 Å². The number of rotatable bonds is 7. The number of hydrogen-bond donors (Lipinski definition) is 3. The number of halogens is 1. The van der Waals surface area contributed by atoms with E-state index in [1.165, 1.54) is 30.9 Å². The molecule has 1 aliphatic carbocycles. The summed E-state index contributed by atoms with van der Waals surface area (Å²) in [6, 6.07) is 21.1. The van der Waals surface area contributed by atoms with E-state index in [0.717, 1.165) is 74.7 Å². The number of carbonyl (C=O) groups is 1. The van der Waals surface area contributed by atoms with Crippen molar-refractivity contribution in [3.63, 3.8) is 0 Å². The molecule has 1 saturated carbocycles. The summed E-state index contributed by atoms with van der Waals surface area (Å²) in [5, 5.41) is 13.0. The molecule has 7 rings (SSSR count). The lowest BCUT2D eigenvalue weighted by molar-refractivity contribution is -0.117. The maximum atomic E-state index is 14.0. The monoisotopic (exact) mass is 571 g/mol. The van der Waals surface area contributed by atoms with Gasteiger partial charge in [-0.3, -0.25) is 14.9 Å². The Hall–Kier alpha value is -4.78. The predicted octanol–water partition coefficient (Wildman–Crippen LogP) is 9.05. The van der Waals surface area contributed by atoms with E-state index in [4.69, 9.17) is 5.10 Å². The second-order valence-corrected chi connectivity index (χ2v) is 11.7. The Balaban J connectivity index is 1.24. The van der Waals surface area contributed by atoms with E-state index in [9.17, 15) is 9.18 Å². The van der Waals surface area contributed by atoms with Crippen LogP contribution in [-0.2, 0) is 11.2 Å². The average molecular weight is 572 g/mol. The first kappa shape index (κ1) is 27.1. The topological polar surface area (TPSA) is 86.5 Å². The maximum Gasteiger partial charge on any atom is 0.224 e. The molecular weight excluding hydrogens is 537 g/mol. The van der Waals surface area contributed by atoms with Gasteiger partial charge in [0.25, 0.3) is 0 Å². The van der Waals surface area contributed by atoms with Crippen molar-refractivity contribution < 1.29 is 9.18 Å². The first-order chi connectivity index (χ1) is 21.1. The number of pyridine rings is 1. The van der Waals surface area contributed by atoms with Gasteiger partial charge in [-0.15, -0.1) is 0 Å². The summed E-state index contributed by atoms with van der Waals surface area (Å²) >= 11 is 0. The summed E-state index contributed by atoms with van der Waals surface area (Å²) in [5.74, 6) is 0.281. The molecule has 1 fully saturated rings. The minimum absolute atomic E-state index is 0.0607. The van der Waals surface area contributed by atoms with Crippen molar-refractivity contribution in [2.45, 2.75) is 51.9 Å². The second-order valence-electron chi connectivity index (χ2n) is 11.7. The van der Waals surface area contributed by atoms with Gasteiger partial charge in [0.2, 0.25) is 5.91 Å². The van der Waals surface area contributed by atoms with Crippen molar-refractivity contribution in [1.82, 2.24) is 20.2 Å². The minimum Gasteiger partial charge on any atom is -0.353 e. The Morgan fingerprint density at radius 3 is 2.60 bits per heavy atom. The van der Waals surface area contributed by atoms with Gasteiger partial charge in [0.1, 0.15) is 11.5 Å². The third-order valence-corrected chi connectivity index (χ3v) is 8.75. The number of aromatic nitrogens is 4. The summed E-state index contributed by atoms with van der Waals surface area (Å²) in [6.07, 6.45) is 11.0. The van der Waals surface area contributed by atoms with Gasteiger partial charge in [-0.2, -0.15) is 5.10 Å². The van der Waals surface area contributed by atoms with Gasteiger partial charge >= 0.3 is 0 Å². The Morgan fingerprint density at radius 1 is 0.907 bits per heavy atom. The molecule has 0 aliphatic heterocycles. The quantitative estimate of drug-likeness (QED) is 0.179. The third-order valence-electron chi connectivity index (χ3n) is 8.75. The predicted molar refractivity (Wildman–Crippen MR) is 171 cm³/mol. The number of carbonyl (C=O) groups excluding carboxylic acids is 1. The number of nitrogens with zero attached hydrogens (tertiary/aromatic N) is 2. The molecular formula is C36H34FN5O. The first-order valence-electron chi connectivity index (χ1n) is 15.2. The van der Waals surface area contributed by atoms with Crippen LogP contribution < -0.4 is 5.32 Å².